The molecule has 0 fully saturated rings. The van der Waals surface area contributed by atoms with Crippen LogP contribution in [0.15, 0.2) is 53.6 Å². The number of carbonyl (C=O) groups is 1. The second kappa shape index (κ2) is 11.2. The quantitative estimate of drug-likeness (QED) is 0.296. The third-order valence-electron chi connectivity index (χ3n) is 7.04. The summed E-state index contributed by atoms with van der Waals surface area (Å²) in [6.07, 6.45) is 1.59. The van der Waals surface area contributed by atoms with Crippen LogP contribution < -0.4 is 9.47 Å². The summed E-state index contributed by atoms with van der Waals surface area (Å²) in [4.78, 5) is 16.9. The fourth-order valence-electron chi connectivity index (χ4n) is 4.96. The molecule has 0 amide bonds. The monoisotopic (exact) mass is 565 g/mol. The van der Waals surface area contributed by atoms with Crippen LogP contribution >= 0.6 is 0 Å². The lowest BCUT2D eigenvalue weighted by Crippen LogP contribution is -2.32. The molecule has 0 aliphatic carbocycles. The number of esters is 1. The summed E-state index contributed by atoms with van der Waals surface area (Å²) < 4.78 is 46.6. The highest BCUT2D eigenvalue weighted by atomic mass is 32.2. The van der Waals surface area contributed by atoms with Gasteiger partial charge >= 0.3 is 5.97 Å². The first kappa shape index (κ1) is 27.5. The van der Waals surface area contributed by atoms with Crippen molar-refractivity contribution in [1.29, 1.82) is 0 Å². The highest BCUT2D eigenvalue weighted by Crippen LogP contribution is 2.36. The molecule has 0 spiro atoms. The third-order valence-corrected chi connectivity index (χ3v) is 8.90. The number of sulfonamides is 1. The highest BCUT2D eigenvalue weighted by Gasteiger charge is 2.32. The van der Waals surface area contributed by atoms with Gasteiger partial charge in [-0.2, -0.15) is 4.31 Å². The number of ether oxygens (including phenoxy) is 3. The van der Waals surface area contributed by atoms with E-state index < -0.39 is 15.9 Å². The number of methoxy groups -OCH3 is 1. The van der Waals surface area contributed by atoms with Crippen LogP contribution in [0.4, 0.5) is 0 Å². The summed E-state index contributed by atoms with van der Waals surface area (Å²) in [6.45, 7) is 4.47. The Bertz CT molecular complexity index is 1670. The first-order chi connectivity index (χ1) is 19.2. The molecular formula is C28H31N5O6S. The van der Waals surface area contributed by atoms with E-state index in [4.69, 9.17) is 14.2 Å². The van der Waals surface area contributed by atoms with Gasteiger partial charge in [0.2, 0.25) is 15.9 Å². The lowest BCUT2D eigenvalue weighted by molar-refractivity contribution is -0.143. The van der Waals surface area contributed by atoms with E-state index in [-0.39, 0.29) is 49.5 Å². The molecule has 11 nitrogen and oxygen atoms in total. The Balaban J connectivity index is 1.55. The van der Waals surface area contributed by atoms with Crippen LogP contribution in [0, 0.1) is 6.92 Å². The topological polar surface area (TPSA) is 126 Å². The molecule has 1 unspecified atom stereocenters. The lowest BCUT2D eigenvalue weighted by Gasteiger charge is -2.23. The van der Waals surface area contributed by atoms with E-state index in [1.807, 2.05) is 37.3 Å². The van der Waals surface area contributed by atoms with Gasteiger partial charge in [0.25, 0.3) is 0 Å². The van der Waals surface area contributed by atoms with Crippen molar-refractivity contribution in [3.63, 3.8) is 0 Å². The average Bonchev–Trinajstić information content (AvgIpc) is 3.26. The molecule has 0 N–H and O–H groups in total. The minimum Gasteiger partial charge on any atom is -0.494 e. The van der Waals surface area contributed by atoms with Crippen molar-refractivity contribution in [2.24, 2.45) is 7.05 Å². The Morgan fingerprint density at radius 2 is 2.00 bits per heavy atom. The van der Waals surface area contributed by atoms with Crippen molar-refractivity contribution in [1.82, 2.24) is 24.3 Å². The Kier molecular flexibility index (Phi) is 7.72. The zero-order valence-corrected chi connectivity index (χ0v) is 23.6. The fraction of sp³-hybridized carbons (Fsp3) is 0.357. The van der Waals surface area contributed by atoms with Gasteiger partial charge in [0.1, 0.15) is 28.3 Å². The van der Waals surface area contributed by atoms with Crippen LogP contribution in [0.3, 0.4) is 0 Å². The van der Waals surface area contributed by atoms with Gasteiger partial charge < -0.3 is 14.2 Å². The molecule has 0 radical (unpaired) electrons. The molecule has 2 aromatic carbocycles. The van der Waals surface area contributed by atoms with E-state index in [0.29, 0.717) is 11.3 Å². The zero-order chi connectivity index (χ0) is 28.4. The molecule has 5 rings (SSSR count). The largest absolute Gasteiger partial charge is 0.494 e. The molecule has 3 heterocycles. The van der Waals surface area contributed by atoms with E-state index >= 15 is 0 Å². The predicted molar refractivity (Wildman–Crippen MR) is 147 cm³/mol. The van der Waals surface area contributed by atoms with Crippen molar-refractivity contribution in [2.75, 3.05) is 26.9 Å². The van der Waals surface area contributed by atoms with Gasteiger partial charge in [0.15, 0.2) is 0 Å². The molecule has 40 heavy (non-hydrogen) atoms. The highest BCUT2D eigenvalue weighted by molar-refractivity contribution is 7.89. The molecule has 2 aromatic heterocycles. The van der Waals surface area contributed by atoms with Crippen LogP contribution in [0.5, 0.6) is 11.6 Å². The van der Waals surface area contributed by atoms with E-state index in [0.717, 1.165) is 27.8 Å². The van der Waals surface area contributed by atoms with Gasteiger partial charge in [0.05, 0.1) is 20.1 Å². The SMILES string of the molecule is CCOC(=O)CC(c1ccc(C)c(CN2CCOc3ncccc3S2(=O)=O)c1)c1cc(OC)c2c(c1)nnn2C. The zero-order valence-electron chi connectivity index (χ0n) is 22.8. The molecule has 1 atom stereocenters. The maximum atomic E-state index is 13.5. The number of carbonyl (C=O) groups excluding carboxylic acids is 1. The van der Waals surface area contributed by atoms with Crippen LogP contribution in [-0.2, 0) is 33.1 Å². The maximum absolute atomic E-state index is 13.5. The fourth-order valence-corrected chi connectivity index (χ4v) is 6.45. The van der Waals surface area contributed by atoms with Gasteiger partial charge in [-0.25, -0.2) is 18.1 Å². The molecule has 4 aromatic rings. The third kappa shape index (κ3) is 5.24. The molecule has 1 aliphatic heterocycles. The average molecular weight is 566 g/mol. The van der Waals surface area contributed by atoms with Crippen LogP contribution in [0.1, 0.15) is 41.5 Å². The van der Waals surface area contributed by atoms with Crippen molar-refractivity contribution < 1.29 is 27.4 Å². The smallest absolute Gasteiger partial charge is 0.306 e. The molecule has 210 valence electrons. The van der Waals surface area contributed by atoms with Crippen LogP contribution in [0.25, 0.3) is 11.0 Å². The lowest BCUT2D eigenvalue weighted by atomic mass is 9.86. The number of nitrogens with zero attached hydrogens (tertiary/aromatic N) is 5. The van der Waals surface area contributed by atoms with Crippen LogP contribution in [-0.4, -0.2) is 65.5 Å². The van der Waals surface area contributed by atoms with E-state index in [2.05, 4.69) is 15.3 Å². The Morgan fingerprint density at radius 3 is 2.77 bits per heavy atom. The summed E-state index contributed by atoms with van der Waals surface area (Å²) in [5.41, 5.74) is 4.77. The number of hydrogen-bond donors (Lipinski definition) is 0. The molecule has 1 aliphatic rings. The van der Waals surface area contributed by atoms with Gasteiger partial charge in [0, 0.05) is 32.3 Å². The van der Waals surface area contributed by atoms with Crippen molar-refractivity contribution >= 4 is 27.0 Å². The van der Waals surface area contributed by atoms with Crippen molar-refractivity contribution in [3.8, 4) is 11.6 Å². The minimum atomic E-state index is -3.84. The number of pyridine rings is 1. The number of benzene rings is 2. The minimum absolute atomic E-state index is 0.0471. The van der Waals surface area contributed by atoms with Gasteiger partial charge in [-0.3, -0.25) is 4.79 Å². The van der Waals surface area contributed by atoms with Crippen molar-refractivity contribution in [2.45, 2.75) is 37.6 Å². The first-order valence-electron chi connectivity index (χ1n) is 12.9. The van der Waals surface area contributed by atoms with E-state index in [9.17, 15) is 13.2 Å². The van der Waals surface area contributed by atoms with E-state index in [1.165, 1.54) is 16.6 Å². The predicted octanol–water partition coefficient (Wildman–Crippen LogP) is 3.35. The van der Waals surface area contributed by atoms with E-state index in [1.54, 1.807) is 31.8 Å². The molecular weight excluding hydrogens is 534 g/mol. The number of rotatable bonds is 8. The molecule has 0 saturated carbocycles. The second-order valence-electron chi connectivity index (χ2n) is 9.55. The first-order valence-corrected chi connectivity index (χ1v) is 14.4. The van der Waals surface area contributed by atoms with Gasteiger partial charge in [-0.05, 0) is 60.4 Å². The summed E-state index contributed by atoms with van der Waals surface area (Å²) >= 11 is 0. The van der Waals surface area contributed by atoms with Gasteiger partial charge in [-0.1, -0.05) is 23.4 Å². The Morgan fingerprint density at radius 1 is 1.18 bits per heavy atom. The number of aryl methyl sites for hydroxylation is 2. The number of hydrogen-bond acceptors (Lipinski definition) is 9. The summed E-state index contributed by atoms with van der Waals surface area (Å²) in [5, 5.41) is 8.37. The molecule has 0 bridgehead atoms. The van der Waals surface area contributed by atoms with Crippen molar-refractivity contribution in [3.05, 3.63) is 70.9 Å². The normalized spacial score (nSPS) is 15.6. The van der Waals surface area contributed by atoms with Gasteiger partial charge in [-0.15, -0.1) is 5.10 Å². The summed E-state index contributed by atoms with van der Waals surface area (Å²) in [7, 11) is -0.473. The standard InChI is InChI=1S/C28H31N5O6S/c1-5-38-26(34)16-22(20-14-23-27(24(15-20)37-4)32(3)31-30-23)19-9-8-18(2)21(13-19)17-33-11-12-39-28-25(40(33,35)36)7-6-10-29-28/h6-10,13-15,22H,5,11-12,16-17H2,1-4H3. The Hall–Kier alpha value is -4.03. The Labute approximate surface area is 232 Å². The maximum Gasteiger partial charge on any atom is 0.306 e. The van der Waals surface area contributed by atoms with Crippen LogP contribution in [0.2, 0.25) is 0 Å². The number of aromatic nitrogens is 4. The number of fused-ring (bicyclic) bond motifs is 2. The molecule has 12 heteroatoms. The second-order valence-corrected chi connectivity index (χ2v) is 11.5. The molecule has 0 saturated heterocycles. The summed E-state index contributed by atoms with van der Waals surface area (Å²) in [5.74, 6) is -0.0423. The summed E-state index contributed by atoms with van der Waals surface area (Å²) in [6, 6.07) is 12.7.